The summed E-state index contributed by atoms with van der Waals surface area (Å²) < 4.78 is 29.4. The number of nitrogens with one attached hydrogen (secondary N) is 2. The van der Waals surface area contributed by atoms with Crippen LogP contribution >= 0.6 is 0 Å². The molecule has 0 radical (unpaired) electrons. The molecule has 0 amide bonds. The fraction of sp³-hybridized carbons (Fsp3) is 0.194. The molecule has 4 aromatic rings. The summed E-state index contributed by atoms with van der Waals surface area (Å²) in [5.41, 5.74) is 11.2. The van der Waals surface area contributed by atoms with Gasteiger partial charge in [-0.15, -0.1) is 0 Å². The maximum Gasteiger partial charge on any atom is 0.139 e. The number of hydrogen-bond acceptors (Lipinski definition) is 5. The highest BCUT2D eigenvalue weighted by Crippen LogP contribution is 2.30. The third-order valence-electron chi connectivity index (χ3n) is 6.41. The van der Waals surface area contributed by atoms with Crippen LogP contribution < -0.4 is 11.1 Å². The van der Waals surface area contributed by atoms with E-state index >= 15 is 4.39 Å². The van der Waals surface area contributed by atoms with Gasteiger partial charge in [0.05, 0.1) is 11.2 Å². The summed E-state index contributed by atoms with van der Waals surface area (Å²) in [5.74, 6) is -0.241. The lowest BCUT2D eigenvalue weighted by atomic mass is 9.92. The van der Waals surface area contributed by atoms with Gasteiger partial charge in [0.2, 0.25) is 0 Å². The zero-order chi connectivity index (χ0) is 28.3. The number of rotatable bonds is 8. The Balaban J connectivity index is 1.69. The number of pyridine rings is 2. The van der Waals surface area contributed by atoms with Gasteiger partial charge in [0.15, 0.2) is 0 Å². The van der Waals surface area contributed by atoms with Crippen LogP contribution in [0.25, 0.3) is 27.9 Å². The minimum absolute atomic E-state index is 0.0798. The number of aromatic amines is 1. The maximum atomic E-state index is 16.0. The summed E-state index contributed by atoms with van der Waals surface area (Å²) in [6, 6.07) is 7.81. The summed E-state index contributed by atoms with van der Waals surface area (Å²) in [5, 5.41) is 3.26. The fourth-order valence-electron chi connectivity index (χ4n) is 3.96. The molecule has 0 aliphatic rings. The fourth-order valence-corrected chi connectivity index (χ4v) is 3.96. The first-order valence-electron chi connectivity index (χ1n) is 12.5. The van der Waals surface area contributed by atoms with Crippen molar-refractivity contribution in [1.29, 1.82) is 0 Å². The number of imidazole rings is 1. The monoisotopic (exact) mass is 526 g/mol. The highest BCUT2D eigenvalue weighted by molar-refractivity contribution is 5.89. The number of nitrogens with two attached hydrogens (primary N) is 1. The van der Waals surface area contributed by atoms with Gasteiger partial charge in [0.25, 0.3) is 0 Å². The Morgan fingerprint density at radius 1 is 1.13 bits per heavy atom. The molecule has 0 atom stereocenters. The molecule has 0 spiro atoms. The summed E-state index contributed by atoms with van der Waals surface area (Å²) in [6.45, 7) is 15.9. The van der Waals surface area contributed by atoms with Gasteiger partial charge in [0, 0.05) is 52.3 Å². The van der Waals surface area contributed by atoms with Crippen LogP contribution in [0, 0.1) is 17.0 Å². The van der Waals surface area contributed by atoms with Crippen molar-refractivity contribution in [2.24, 2.45) is 5.41 Å². The molecule has 0 saturated carbocycles. The Morgan fingerprint density at radius 3 is 2.49 bits per heavy atom. The first kappa shape index (κ1) is 27.4. The quantitative estimate of drug-likeness (QED) is 0.213. The molecule has 4 N–H and O–H groups in total. The molecule has 200 valence electrons. The number of hydrogen-bond donors (Lipinski definition) is 3. The van der Waals surface area contributed by atoms with E-state index in [1.165, 1.54) is 18.3 Å². The molecule has 1 aromatic carbocycles. The van der Waals surface area contributed by atoms with Crippen LogP contribution in [-0.4, -0.2) is 19.9 Å². The van der Waals surface area contributed by atoms with Gasteiger partial charge >= 0.3 is 0 Å². The second-order valence-corrected chi connectivity index (χ2v) is 10.2. The Kier molecular flexibility index (Phi) is 7.76. The predicted octanol–water partition coefficient (Wildman–Crippen LogP) is 7.09. The van der Waals surface area contributed by atoms with Gasteiger partial charge in [0.1, 0.15) is 28.8 Å². The van der Waals surface area contributed by atoms with Crippen LogP contribution in [0.5, 0.6) is 0 Å². The lowest BCUT2D eigenvalue weighted by Gasteiger charge is -2.24. The van der Waals surface area contributed by atoms with E-state index in [1.54, 1.807) is 42.6 Å². The average Bonchev–Trinajstić information content (AvgIpc) is 3.32. The molecule has 0 aliphatic carbocycles. The first-order chi connectivity index (χ1) is 18.5. The predicted molar refractivity (Wildman–Crippen MR) is 154 cm³/mol. The van der Waals surface area contributed by atoms with E-state index in [-0.39, 0.29) is 29.0 Å². The molecular weight excluding hydrogens is 494 g/mol. The van der Waals surface area contributed by atoms with Gasteiger partial charge in [-0.1, -0.05) is 40.0 Å². The van der Waals surface area contributed by atoms with Crippen molar-refractivity contribution in [2.75, 3.05) is 5.73 Å². The SMILES string of the molecule is C=C/C(=C\C(=C/C)c1cnc(N)c(Cc2nc3c(-c4ccc(F)cc4)nccc3[nH]2)c1F)NC(=C)C(C)(C)C. The van der Waals surface area contributed by atoms with Crippen LogP contribution in [0.15, 0.2) is 85.5 Å². The molecule has 8 heteroatoms. The molecule has 6 nitrogen and oxygen atoms in total. The van der Waals surface area contributed by atoms with E-state index in [2.05, 4.69) is 38.4 Å². The van der Waals surface area contributed by atoms with E-state index in [0.29, 0.717) is 33.9 Å². The van der Waals surface area contributed by atoms with Crippen LogP contribution in [0.1, 0.15) is 44.6 Å². The molecule has 3 aromatic heterocycles. The Morgan fingerprint density at radius 2 is 1.85 bits per heavy atom. The minimum atomic E-state index is -0.484. The molecule has 0 aliphatic heterocycles. The van der Waals surface area contributed by atoms with Crippen molar-refractivity contribution >= 4 is 22.4 Å². The first-order valence-corrected chi connectivity index (χ1v) is 12.5. The molecule has 39 heavy (non-hydrogen) atoms. The third kappa shape index (κ3) is 5.95. The molecule has 0 bridgehead atoms. The van der Waals surface area contributed by atoms with E-state index < -0.39 is 5.82 Å². The number of H-pyrrole nitrogens is 1. The largest absolute Gasteiger partial charge is 0.383 e. The van der Waals surface area contributed by atoms with Crippen molar-refractivity contribution in [3.05, 3.63) is 114 Å². The van der Waals surface area contributed by atoms with Gasteiger partial charge in [-0.3, -0.25) is 4.98 Å². The third-order valence-corrected chi connectivity index (χ3v) is 6.41. The zero-order valence-electron chi connectivity index (χ0n) is 22.6. The van der Waals surface area contributed by atoms with Crippen molar-refractivity contribution in [2.45, 2.75) is 34.1 Å². The topological polar surface area (TPSA) is 92.5 Å². The van der Waals surface area contributed by atoms with Crippen LogP contribution in [-0.2, 0) is 6.42 Å². The number of fused-ring (bicyclic) bond motifs is 1. The summed E-state index contributed by atoms with van der Waals surface area (Å²) in [7, 11) is 0. The van der Waals surface area contributed by atoms with Gasteiger partial charge in [-0.25, -0.2) is 18.7 Å². The van der Waals surface area contributed by atoms with E-state index in [0.717, 1.165) is 16.8 Å². The number of anilines is 1. The van der Waals surface area contributed by atoms with Gasteiger partial charge in [-0.05, 0) is 55.0 Å². The second kappa shape index (κ2) is 11.0. The Labute approximate surface area is 227 Å². The molecule has 0 unspecified atom stereocenters. The standard InChI is InChI=1S/C31H32F2N6/c1-7-19(15-22(8-2)37-18(3)31(4,5)6)24-17-36-30(34)23(27(24)33)16-26-38-25-13-14-35-28(29(25)39-26)20-9-11-21(32)12-10-20/h7-15,17,37H,2-3,16H2,1,4-6H3,(H2,34,36)(H,38,39)/b19-7+,22-15+. The normalized spacial score (nSPS) is 12.6. The highest BCUT2D eigenvalue weighted by atomic mass is 19.1. The van der Waals surface area contributed by atoms with Crippen molar-refractivity contribution in [3.63, 3.8) is 0 Å². The lowest BCUT2D eigenvalue weighted by molar-refractivity contribution is 0.478. The number of halogens is 2. The summed E-state index contributed by atoms with van der Waals surface area (Å²) in [4.78, 5) is 16.6. The molecule has 3 heterocycles. The Bertz CT molecular complexity index is 1600. The molecule has 0 saturated heterocycles. The van der Waals surface area contributed by atoms with Crippen molar-refractivity contribution in [3.8, 4) is 11.3 Å². The smallest absolute Gasteiger partial charge is 0.139 e. The molecular formula is C31H32F2N6. The minimum Gasteiger partial charge on any atom is -0.383 e. The maximum absolute atomic E-state index is 16.0. The number of benzene rings is 1. The highest BCUT2D eigenvalue weighted by Gasteiger charge is 2.19. The number of nitrogen functional groups attached to an aromatic ring is 1. The van der Waals surface area contributed by atoms with E-state index in [1.807, 2.05) is 27.7 Å². The van der Waals surface area contributed by atoms with Gasteiger partial charge < -0.3 is 16.0 Å². The second-order valence-electron chi connectivity index (χ2n) is 10.2. The summed E-state index contributed by atoms with van der Waals surface area (Å²) in [6.07, 6.45) is 8.41. The van der Waals surface area contributed by atoms with Crippen LogP contribution in [0.3, 0.4) is 0 Å². The molecule has 0 fully saturated rings. The van der Waals surface area contributed by atoms with Crippen LogP contribution in [0.4, 0.5) is 14.6 Å². The number of nitrogens with zero attached hydrogens (tertiary/aromatic N) is 3. The average molecular weight is 527 g/mol. The molecule has 4 rings (SSSR count). The van der Waals surface area contributed by atoms with E-state index in [9.17, 15) is 4.39 Å². The summed E-state index contributed by atoms with van der Waals surface area (Å²) >= 11 is 0. The number of aromatic nitrogens is 4. The van der Waals surface area contributed by atoms with Crippen molar-refractivity contribution < 1.29 is 8.78 Å². The lowest BCUT2D eigenvalue weighted by Crippen LogP contribution is -2.22. The zero-order valence-corrected chi connectivity index (χ0v) is 22.6. The Hall–Kier alpha value is -4.59. The van der Waals surface area contributed by atoms with Crippen LogP contribution in [0.2, 0.25) is 0 Å². The van der Waals surface area contributed by atoms with E-state index in [4.69, 9.17) is 5.73 Å². The van der Waals surface area contributed by atoms with Gasteiger partial charge in [-0.2, -0.15) is 0 Å². The van der Waals surface area contributed by atoms with Crippen molar-refractivity contribution in [1.82, 2.24) is 25.3 Å². The number of allylic oxidation sites excluding steroid dienone is 5.